The van der Waals surface area contributed by atoms with E-state index in [0.717, 1.165) is 36.9 Å². The Balaban J connectivity index is 1.64. The van der Waals surface area contributed by atoms with Crippen molar-refractivity contribution in [1.82, 2.24) is 9.88 Å². The smallest absolute Gasteiger partial charge is 0.128 e. The fourth-order valence-electron chi connectivity index (χ4n) is 3.05. The van der Waals surface area contributed by atoms with Crippen LogP contribution in [0.3, 0.4) is 0 Å². The molecule has 0 saturated carbocycles. The molecular weight excluding hydrogens is 330 g/mol. The molecule has 2 aromatic rings. The molecule has 0 radical (unpaired) electrons. The molecule has 0 aliphatic carbocycles. The lowest BCUT2D eigenvalue weighted by atomic mass is 10.1. The minimum atomic E-state index is -0.0162. The number of pyridine rings is 1. The van der Waals surface area contributed by atoms with Crippen LogP contribution in [0, 0.1) is 0 Å². The molecule has 1 N–H and O–H groups in total. The number of ether oxygens (including phenoxy) is 2. The van der Waals surface area contributed by atoms with Crippen LogP contribution in [-0.4, -0.2) is 62.0 Å². The first kappa shape index (κ1) is 18.6. The fraction of sp³-hybridized carbons (Fsp3) is 0.450. The van der Waals surface area contributed by atoms with Gasteiger partial charge in [-0.15, -0.1) is 0 Å². The molecular formula is C20H27N3O3. The highest BCUT2D eigenvalue weighted by atomic mass is 16.5. The molecule has 3 rings (SSSR count). The molecule has 1 fully saturated rings. The largest absolute Gasteiger partial charge is 0.491 e. The highest BCUT2D eigenvalue weighted by molar-refractivity contribution is 5.37. The number of aromatic nitrogens is 1. The Morgan fingerprint density at radius 3 is 2.92 bits per heavy atom. The lowest BCUT2D eigenvalue weighted by Crippen LogP contribution is -2.38. The van der Waals surface area contributed by atoms with Gasteiger partial charge in [0.25, 0.3) is 0 Å². The van der Waals surface area contributed by atoms with Crippen LogP contribution in [0.25, 0.3) is 0 Å². The van der Waals surface area contributed by atoms with Gasteiger partial charge in [0.05, 0.1) is 18.9 Å². The fourth-order valence-corrected chi connectivity index (χ4v) is 3.05. The predicted octanol–water partition coefficient (Wildman–Crippen LogP) is 2.09. The minimum Gasteiger partial charge on any atom is -0.491 e. The van der Waals surface area contributed by atoms with Gasteiger partial charge in [-0.1, -0.05) is 18.2 Å². The molecule has 1 atom stereocenters. The van der Waals surface area contributed by atoms with E-state index in [9.17, 15) is 0 Å². The van der Waals surface area contributed by atoms with Crippen LogP contribution in [-0.2, 0) is 11.3 Å². The molecule has 1 aliphatic rings. The Labute approximate surface area is 155 Å². The maximum atomic E-state index is 8.89. The van der Waals surface area contributed by atoms with Crippen molar-refractivity contribution in [3.63, 3.8) is 0 Å². The molecule has 0 spiro atoms. The van der Waals surface area contributed by atoms with Crippen molar-refractivity contribution in [2.24, 2.45) is 0 Å². The standard InChI is InChI=1S/C20H27N3O3/c1-22(2)20-8-4-7-18(21-20)19-15-23(9-11-26-19)14-16-5-3-6-17(13-16)25-12-10-24/h3-8,13,19,24H,9-12,14-15H2,1-2H3. The summed E-state index contributed by atoms with van der Waals surface area (Å²) in [5, 5.41) is 8.89. The molecule has 1 saturated heterocycles. The first-order chi connectivity index (χ1) is 12.7. The maximum absolute atomic E-state index is 8.89. The van der Waals surface area contributed by atoms with Crippen LogP contribution in [0.1, 0.15) is 17.4 Å². The van der Waals surface area contributed by atoms with E-state index in [1.54, 1.807) is 0 Å². The van der Waals surface area contributed by atoms with Crippen LogP contribution < -0.4 is 9.64 Å². The number of rotatable bonds is 7. The van der Waals surface area contributed by atoms with Crippen molar-refractivity contribution in [2.45, 2.75) is 12.6 Å². The van der Waals surface area contributed by atoms with E-state index in [1.165, 1.54) is 5.56 Å². The van der Waals surface area contributed by atoms with Crippen molar-refractivity contribution in [3.8, 4) is 5.75 Å². The van der Waals surface area contributed by atoms with Crippen molar-refractivity contribution in [2.75, 3.05) is 51.9 Å². The van der Waals surface area contributed by atoms with E-state index in [4.69, 9.17) is 19.6 Å². The van der Waals surface area contributed by atoms with Gasteiger partial charge in [0.15, 0.2) is 0 Å². The molecule has 1 aromatic carbocycles. The monoisotopic (exact) mass is 357 g/mol. The zero-order valence-electron chi connectivity index (χ0n) is 15.5. The summed E-state index contributed by atoms with van der Waals surface area (Å²) in [7, 11) is 3.98. The van der Waals surface area contributed by atoms with Gasteiger partial charge in [-0.2, -0.15) is 0 Å². The molecule has 1 aromatic heterocycles. The zero-order valence-corrected chi connectivity index (χ0v) is 15.5. The average molecular weight is 357 g/mol. The Morgan fingerprint density at radius 2 is 2.12 bits per heavy atom. The van der Waals surface area contributed by atoms with Gasteiger partial charge in [-0.3, -0.25) is 4.90 Å². The normalized spacial score (nSPS) is 17.9. The van der Waals surface area contributed by atoms with Gasteiger partial charge >= 0.3 is 0 Å². The van der Waals surface area contributed by atoms with Gasteiger partial charge in [0.1, 0.15) is 24.3 Å². The third-order valence-electron chi connectivity index (χ3n) is 4.36. The topological polar surface area (TPSA) is 58.1 Å². The molecule has 6 nitrogen and oxygen atoms in total. The lowest BCUT2D eigenvalue weighted by Gasteiger charge is -2.33. The minimum absolute atomic E-state index is 0.0162. The summed E-state index contributed by atoms with van der Waals surface area (Å²) in [5.74, 6) is 1.73. The second kappa shape index (κ2) is 8.98. The summed E-state index contributed by atoms with van der Waals surface area (Å²) < 4.78 is 11.5. The lowest BCUT2D eigenvalue weighted by molar-refractivity contribution is -0.0349. The van der Waals surface area contributed by atoms with E-state index >= 15 is 0 Å². The third kappa shape index (κ3) is 4.94. The van der Waals surface area contributed by atoms with Crippen LogP contribution in [0.2, 0.25) is 0 Å². The molecule has 26 heavy (non-hydrogen) atoms. The number of nitrogens with zero attached hydrogens (tertiary/aromatic N) is 3. The van der Waals surface area contributed by atoms with Gasteiger partial charge < -0.3 is 19.5 Å². The van der Waals surface area contributed by atoms with Gasteiger partial charge in [-0.05, 0) is 29.8 Å². The summed E-state index contributed by atoms with van der Waals surface area (Å²) in [6.45, 7) is 3.57. The molecule has 1 unspecified atom stereocenters. The first-order valence-corrected chi connectivity index (χ1v) is 8.96. The third-order valence-corrected chi connectivity index (χ3v) is 4.36. The average Bonchev–Trinajstić information content (AvgIpc) is 2.67. The summed E-state index contributed by atoms with van der Waals surface area (Å²) in [5.41, 5.74) is 2.16. The number of aliphatic hydroxyl groups is 1. The second-order valence-electron chi connectivity index (χ2n) is 6.63. The van der Waals surface area contributed by atoms with E-state index in [-0.39, 0.29) is 12.7 Å². The number of benzene rings is 1. The molecule has 2 heterocycles. The van der Waals surface area contributed by atoms with Gasteiger partial charge in [-0.25, -0.2) is 4.98 Å². The number of anilines is 1. The van der Waals surface area contributed by atoms with Crippen LogP contribution in [0.4, 0.5) is 5.82 Å². The summed E-state index contributed by atoms with van der Waals surface area (Å²) in [6.07, 6.45) is -0.0162. The Morgan fingerprint density at radius 1 is 1.27 bits per heavy atom. The number of hydrogen-bond donors (Lipinski definition) is 1. The van der Waals surface area contributed by atoms with E-state index in [2.05, 4.69) is 11.0 Å². The molecule has 6 heteroatoms. The SMILES string of the molecule is CN(C)c1cccc(C2CN(Cc3cccc(OCCO)c3)CCO2)n1. The Bertz CT molecular complexity index is 708. The number of aliphatic hydroxyl groups excluding tert-OH is 1. The first-order valence-electron chi connectivity index (χ1n) is 8.96. The van der Waals surface area contributed by atoms with Crippen molar-refractivity contribution < 1.29 is 14.6 Å². The zero-order chi connectivity index (χ0) is 18.4. The van der Waals surface area contributed by atoms with Gasteiger partial charge in [0.2, 0.25) is 0 Å². The van der Waals surface area contributed by atoms with Crippen LogP contribution in [0.15, 0.2) is 42.5 Å². The molecule has 0 bridgehead atoms. The Hall–Kier alpha value is -2.15. The Kier molecular flexibility index (Phi) is 6.44. The molecule has 140 valence electrons. The van der Waals surface area contributed by atoms with Crippen LogP contribution in [0.5, 0.6) is 5.75 Å². The summed E-state index contributed by atoms with van der Waals surface area (Å²) in [4.78, 5) is 9.10. The predicted molar refractivity (Wildman–Crippen MR) is 102 cm³/mol. The summed E-state index contributed by atoms with van der Waals surface area (Å²) >= 11 is 0. The van der Waals surface area contributed by atoms with E-state index in [1.807, 2.05) is 55.4 Å². The van der Waals surface area contributed by atoms with Crippen LogP contribution >= 0.6 is 0 Å². The molecule has 1 aliphatic heterocycles. The number of hydrogen-bond acceptors (Lipinski definition) is 6. The van der Waals surface area contributed by atoms with Crippen molar-refractivity contribution in [1.29, 1.82) is 0 Å². The number of morpholine rings is 1. The quantitative estimate of drug-likeness (QED) is 0.819. The van der Waals surface area contributed by atoms with Gasteiger partial charge in [0, 0.05) is 33.7 Å². The van der Waals surface area contributed by atoms with E-state index < -0.39 is 0 Å². The van der Waals surface area contributed by atoms with Crippen molar-refractivity contribution >= 4 is 5.82 Å². The molecule has 0 amide bonds. The maximum Gasteiger partial charge on any atom is 0.128 e. The summed E-state index contributed by atoms with van der Waals surface area (Å²) in [6, 6.07) is 14.1. The highest BCUT2D eigenvalue weighted by Gasteiger charge is 2.23. The highest BCUT2D eigenvalue weighted by Crippen LogP contribution is 2.24. The second-order valence-corrected chi connectivity index (χ2v) is 6.63. The van der Waals surface area contributed by atoms with Crippen molar-refractivity contribution in [3.05, 3.63) is 53.7 Å². The van der Waals surface area contributed by atoms with E-state index in [0.29, 0.717) is 13.2 Å².